The monoisotopic (exact) mass is 333 g/mol. The van der Waals surface area contributed by atoms with Gasteiger partial charge in [-0.3, -0.25) is 14.8 Å². The van der Waals surface area contributed by atoms with Gasteiger partial charge in [-0.1, -0.05) is 36.4 Å². The van der Waals surface area contributed by atoms with Crippen molar-refractivity contribution in [2.45, 2.75) is 13.1 Å². The van der Waals surface area contributed by atoms with Crippen LogP contribution in [0.3, 0.4) is 0 Å². The molecular formula is C20H23N5. The Morgan fingerprint density at radius 3 is 2.24 bits per heavy atom. The van der Waals surface area contributed by atoms with Crippen molar-refractivity contribution in [3.8, 4) is 11.4 Å². The number of nitrogens with zero attached hydrogens (tertiary/aromatic N) is 4. The molecule has 1 N–H and O–H groups in total. The predicted molar refractivity (Wildman–Crippen MR) is 98.8 cm³/mol. The third kappa shape index (κ3) is 4.13. The van der Waals surface area contributed by atoms with Gasteiger partial charge in [-0.05, 0) is 12.1 Å². The normalized spacial score (nSPS) is 16.2. The zero-order chi connectivity index (χ0) is 16.9. The Morgan fingerprint density at radius 2 is 1.52 bits per heavy atom. The fraction of sp³-hybridized carbons (Fsp3) is 0.300. The van der Waals surface area contributed by atoms with Crippen molar-refractivity contribution >= 4 is 0 Å². The van der Waals surface area contributed by atoms with Crippen molar-refractivity contribution in [3.05, 3.63) is 72.3 Å². The summed E-state index contributed by atoms with van der Waals surface area (Å²) in [6.07, 6.45) is 3.83. The van der Waals surface area contributed by atoms with Gasteiger partial charge in [-0.15, -0.1) is 0 Å². The molecule has 1 aliphatic heterocycles. The van der Waals surface area contributed by atoms with E-state index in [2.05, 4.69) is 49.0 Å². The Morgan fingerprint density at radius 1 is 0.800 bits per heavy atom. The van der Waals surface area contributed by atoms with Gasteiger partial charge in [0.2, 0.25) is 0 Å². The van der Waals surface area contributed by atoms with Crippen LogP contribution in [-0.4, -0.2) is 50.9 Å². The average molecular weight is 333 g/mol. The number of aromatic amines is 1. The van der Waals surface area contributed by atoms with E-state index >= 15 is 0 Å². The summed E-state index contributed by atoms with van der Waals surface area (Å²) in [7, 11) is 0. The molecule has 1 saturated heterocycles. The van der Waals surface area contributed by atoms with Gasteiger partial charge in [0.15, 0.2) is 0 Å². The quantitative estimate of drug-likeness (QED) is 0.780. The summed E-state index contributed by atoms with van der Waals surface area (Å²) >= 11 is 0. The lowest BCUT2D eigenvalue weighted by molar-refractivity contribution is 0.120. The molecule has 25 heavy (non-hydrogen) atoms. The molecule has 0 spiro atoms. The number of benzene rings is 1. The number of H-pyrrole nitrogens is 1. The number of pyridine rings is 1. The fourth-order valence-electron chi connectivity index (χ4n) is 3.25. The first-order chi connectivity index (χ1) is 12.4. The van der Waals surface area contributed by atoms with Crippen molar-refractivity contribution in [1.82, 2.24) is 24.8 Å². The van der Waals surface area contributed by atoms with Crippen molar-refractivity contribution in [2.24, 2.45) is 0 Å². The van der Waals surface area contributed by atoms with Crippen LogP contribution in [0.2, 0.25) is 0 Å². The lowest BCUT2D eigenvalue weighted by atomic mass is 10.2. The molecule has 0 aliphatic carbocycles. The third-order valence-electron chi connectivity index (χ3n) is 4.65. The number of piperazine rings is 1. The minimum absolute atomic E-state index is 0.928. The smallest absolute Gasteiger partial charge is 0.137 e. The molecule has 0 bridgehead atoms. The number of imidazole rings is 1. The molecule has 128 valence electrons. The Balaban J connectivity index is 1.30. The maximum absolute atomic E-state index is 4.52. The van der Waals surface area contributed by atoms with Crippen LogP contribution in [-0.2, 0) is 13.1 Å². The second kappa shape index (κ2) is 7.59. The summed E-state index contributed by atoms with van der Waals surface area (Å²) < 4.78 is 0. The second-order valence-corrected chi connectivity index (χ2v) is 6.50. The first-order valence-corrected chi connectivity index (χ1v) is 8.81. The molecule has 0 unspecified atom stereocenters. The van der Waals surface area contributed by atoms with Crippen LogP contribution in [0.5, 0.6) is 0 Å². The molecule has 5 nitrogen and oxygen atoms in total. The predicted octanol–water partition coefficient (Wildman–Crippen LogP) is 2.79. The van der Waals surface area contributed by atoms with Gasteiger partial charge in [0.1, 0.15) is 5.82 Å². The Labute approximate surface area is 148 Å². The molecule has 1 fully saturated rings. The van der Waals surface area contributed by atoms with Crippen LogP contribution in [0.4, 0.5) is 0 Å². The molecule has 5 heteroatoms. The zero-order valence-corrected chi connectivity index (χ0v) is 14.3. The van der Waals surface area contributed by atoms with E-state index in [1.165, 1.54) is 5.69 Å². The van der Waals surface area contributed by atoms with Crippen LogP contribution in [0.1, 0.15) is 11.4 Å². The lowest BCUT2D eigenvalue weighted by Crippen LogP contribution is -2.45. The fourth-order valence-corrected chi connectivity index (χ4v) is 3.25. The minimum Gasteiger partial charge on any atom is -0.341 e. The first-order valence-electron chi connectivity index (χ1n) is 8.81. The highest BCUT2D eigenvalue weighted by Crippen LogP contribution is 2.16. The maximum atomic E-state index is 4.52. The average Bonchev–Trinajstić information content (AvgIpc) is 3.14. The van der Waals surface area contributed by atoms with E-state index in [-0.39, 0.29) is 0 Å². The summed E-state index contributed by atoms with van der Waals surface area (Å²) in [6.45, 7) is 6.18. The van der Waals surface area contributed by atoms with Crippen molar-refractivity contribution in [2.75, 3.05) is 26.2 Å². The summed E-state index contributed by atoms with van der Waals surface area (Å²) in [4.78, 5) is 17.4. The minimum atomic E-state index is 0.928. The molecule has 4 rings (SSSR count). The molecule has 1 aromatic carbocycles. The van der Waals surface area contributed by atoms with E-state index in [0.29, 0.717) is 0 Å². The van der Waals surface area contributed by atoms with E-state index in [1.807, 2.05) is 36.7 Å². The summed E-state index contributed by atoms with van der Waals surface area (Å²) in [5, 5.41) is 0. The van der Waals surface area contributed by atoms with Crippen LogP contribution in [0, 0.1) is 0 Å². The molecule has 0 amide bonds. The lowest BCUT2D eigenvalue weighted by Gasteiger charge is -2.34. The molecule has 3 heterocycles. The Kier molecular flexibility index (Phi) is 4.86. The van der Waals surface area contributed by atoms with E-state index < -0.39 is 0 Å². The first kappa shape index (κ1) is 16.0. The number of hydrogen-bond acceptors (Lipinski definition) is 4. The largest absolute Gasteiger partial charge is 0.341 e. The Bertz CT molecular complexity index is 776. The number of aromatic nitrogens is 3. The molecule has 1 aliphatic rings. The molecule has 0 atom stereocenters. The number of rotatable bonds is 5. The van der Waals surface area contributed by atoms with Crippen molar-refractivity contribution < 1.29 is 0 Å². The molecule has 0 saturated carbocycles. The summed E-state index contributed by atoms with van der Waals surface area (Å²) in [5.74, 6) is 0.949. The van der Waals surface area contributed by atoms with Gasteiger partial charge in [-0.2, -0.15) is 0 Å². The highest BCUT2D eigenvalue weighted by molar-refractivity contribution is 5.54. The van der Waals surface area contributed by atoms with Crippen LogP contribution in [0.15, 0.2) is 60.9 Å². The van der Waals surface area contributed by atoms with Crippen LogP contribution in [0.25, 0.3) is 11.4 Å². The maximum Gasteiger partial charge on any atom is 0.137 e. The van der Waals surface area contributed by atoms with Crippen LogP contribution < -0.4 is 0 Å². The van der Waals surface area contributed by atoms with Gasteiger partial charge in [0.25, 0.3) is 0 Å². The van der Waals surface area contributed by atoms with E-state index in [4.69, 9.17) is 0 Å². The van der Waals surface area contributed by atoms with E-state index in [0.717, 1.165) is 56.4 Å². The second-order valence-electron chi connectivity index (χ2n) is 6.50. The molecular weight excluding hydrogens is 310 g/mol. The number of nitrogens with one attached hydrogen (secondary N) is 1. The van der Waals surface area contributed by atoms with Gasteiger partial charge in [0.05, 0.1) is 5.69 Å². The van der Waals surface area contributed by atoms with Crippen molar-refractivity contribution in [1.29, 1.82) is 0 Å². The van der Waals surface area contributed by atoms with Crippen LogP contribution >= 0.6 is 0 Å². The van der Waals surface area contributed by atoms with Gasteiger partial charge >= 0.3 is 0 Å². The standard InChI is InChI=1S/C20H23N5/c1-2-6-17(7-3-1)20-22-14-19(23-20)16-25-12-10-24(11-13-25)15-18-8-4-5-9-21-18/h1-9,14H,10-13,15-16H2,(H,22,23). The molecule has 3 aromatic rings. The highest BCUT2D eigenvalue weighted by atomic mass is 15.3. The number of hydrogen-bond donors (Lipinski definition) is 1. The summed E-state index contributed by atoms with van der Waals surface area (Å²) in [5.41, 5.74) is 3.46. The molecule has 0 radical (unpaired) electrons. The van der Waals surface area contributed by atoms with Gasteiger partial charge < -0.3 is 4.98 Å². The zero-order valence-electron chi connectivity index (χ0n) is 14.3. The molecule has 2 aromatic heterocycles. The Hall–Kier alpha value is -2.50. The third-order valence-corrected chi connectivity index (χ3v) is 4.65. The van der Waals surface area contributed by atoms with E-state index in [1.54, 1.807) is 0 Å². The highest BCUT2D eigenvalue weighted by Gasteiger charge is 2.18. The van der Waals surface area contributed by atoms with Crippen molar-refractivity contribution in [3.63, 3.8) is 0 Å². The van der Waals surface area contributed by atoms with Gasteiger partial charge in [-0.25, -0.2) is 4.98 Å². The van der Waals surface area contributed by atoms with Gasteiger partial charge in [0, 0.05) is 62.9 Å². The van der Waals surface area contributed by atoms with E-state index in [9.17, 15) is 0 Å². The topological polar surface area (TPSA) is 48.1 Å². The summed E-state index contributed by atoms with van der Waals surface area (Å²) in [6, 6.07) is 16.4. The SMILES string of the molecule is c1ccc(-c2ncc(CN3CCN(Cc4ccccn4)CC3)[nH]2)cc1.